The smallest absolute Gasteiger partial charge is 0.382 e. The Kier molecular flexibility index (Phi) is 1.46. The summed E-state index contributed by atoms with van der Waals surface area (Å²) in [5, 5.41) is 0. The molecule has 1 aliphatic rings. The molecule has 4 nitrogen and oxygen atoms in total. The van der Waals surface area contributed by atoms with Gasteiger partial charge in [-0.25, -0.2) is 0 Å². The molecule has 9 heavy (non-hydrogen) atoms. The molecular formula is C4H9BN4. The molecule has 48 valence electrons. The number of hydrogen-bond acceptors (Lipinski definition) is 4. The largest absolute Gasteiger partial charge is 0.385 e. The van der Waals surface area contributed by atoms with Gasteiger partial charge in [-0.3, -0.25) is 5.84 Å². The summed E-state index contributed by atoms with van der Waals surface area (Å²) in [6.07, 6.45) is 3.48. The fraction of sp³-hybridized carbons (Fsp3) is 0. The molecule has 0 aliphatic carbocycles. The van der Waals surface area contributed by atoms with Crippen LogP contribution in [0.25, 0.3) is 0 Å². The maximum absolute atomic E-state index is 5.46. The Labute approximate surface area is 54.1 Å². The van der Waals surface area contributed by atoms with E-state index in [-0.39, 0.29) is 6.98 Å². The molecule has 0 fully saturated rings. The van der Waals surface area contributed by atoms with Crippen molar-refractivity contribution >= 4 is 6.98 Å². The van der Waals surface area contributed by atoms with E-state index in [1.807, 2.05) is 0 Å². The molecular weight excluding hydrogens is 115 g/mol. The zero-order chi connectivity index (χ0) is 6.85. The Bertz CT molecular complexity index is 164. The number of allylic oxidation sites excluding steroid dienone is 2. The third-order valence-electron chi connectivity index (χ3n) is 1.19. The van der Waals surface area contributed by atoms with E-state index in [0.29, 0.717) is 5.82 Å². The summed E-state index contributed by atoms with van der Waals surface area (Å²) in [4.78, 5) is 1.31. The molecule has 0 bridgehead atoms. The summed E-state index contributed by atoms with van der Waals surface area (Å²) in [5.41, 5.74) is 10.9. The minimum atomic E-state index is -0.282. The minimum Gasteiger partial charge on any atom is -0.385 e. The van der Waals surface area contributed by atoms with Crippen LogP contribution < -0.4 is 17.2 Å². The lowest BCUT2D eigenvalue weighted by Gasteiger charge is -2.22. The topological polar surface area (TPSA) is 81.3 Å². The van der Waals surface area contributed by atoms with Crippen molar-refractivity contribution in [2.24, 2.45) is 17.2 Å². The second-order valence-electron chi connectivity index (χ2n) is 1.87. The van der Waals surface area contributed by atoms with Gasteiger partial charge in [0.05, 0.1) is 0 Å². The highest BCUT2D eigenvalue weighted by molar-refractivity contribution is 6.58. The normalized spacial score (nSPS) is 18.2. The van der Waals surface area contributed by atoms with Crippen LogP contribution in [0.2, 0.25) is 0 Å². The fourth-order valence-corrected chi connectivity index (χ4v) is 0.619. The quantitative estimate of drug-likeness (QED) is 0.271. The molecule has 0 saturated carbocycles. The monoisotopic (exact) mass is 124 g/mol. The predicted molar refractivity (Wildman–Crippen MR) is 37.4 cm³/mol. The summed E-state index contributed by atoms with van der Waals surface area (Å²) in [6, 6.07) is 0. The summed E-state index contributed by atoms with van der Waals surface area (Å²) < 4.78 is 0. The number of hydrogen-bond donors (Lipinski definition) is 3. The van der Waals surface area contributed by atoms with Crippen LogP contribution in [0.3, 0.4) is 0 Å². The van der Waals surface area contributed by atoms with Crippen LogP contribution >= 0.6 is 0 Å². The van der Waals surface area contributed by atoms with Crippen molar-refractivity contribution in [3.05, 3.63) is 23.9 Å². The first-order valence-electron chi connectivity index (χ1n) is 2.65. The van der Waals surface area contributed by atoms with Gasteiger partial charge in [0.15, 0.2) is 0 Å². The molecule has 0 aromatic heterocycles. The summed E-state index contributed by atoms with van der Waals surface area (Å²) >= 11 is 0. The van der Waals surface area contributed by atoms with Gasteiger partial charge in [0, 0.05) is 0 Å². The summed E-state index contributed by atoms with van der Waals surface area (Å²) in [5.74, 6) is 7.64. The first-order chi connectivity index (χ1) is 4.22. The first kappa shape index (κ1) is 6.19. The molecule has 0 radical (unpaired) electrons. The van der Waals surface area contributed by atoms with Crippen LogP contribution in [0.15, 0.2) is 23.9 Å². The van der Waals surface area contributed by atoms with Gasteiger partial charge < -0.3 is 16.3 Å². The second-order valence-corrected chi connectivity index (χ2v) is 1.87. The molecule has 0 aromatic rings. The second kappa shape index (κ2) is 2.12. The third-order valence-corrected chi connectivity index (χ3v) is 1.19. The van der Waals surface area contributed by atoms with Crippen LogP contribution in [-0.4, -0.2) is 11.9 Å². The van der Waals surface area contributed by atoms with E-state index in [0.717, 1.165) is 0 Å². The molecule has 0 saturated heterocycles. The molecule has 1 aliphatic heterocycles. The van der Waals surface area contributed by atoms with Crippen molar-refractivity contribution in [3.63, 3.8) is 0 Å². The number of nitrogens with zero attached hydrogens (tertiary/aromatic N) is 1. The van der Waals surface area contributed by atoms with Gasteiger partial charge in [-0.2, -0.15) is 0 Å². The molecule has 1 heterocycles. The molecule has 0 unspecified atom stereocenters. The highest BCUT2D eigenvalue weighted by atomic mass is 15.4. The van der Waals surface area contributed by atoms with Crippen LogP contribution in [0.5, 0.6) is 0 Å². The van der Waals surface area contributed by atoms with E-state index in [2.05, 4.69) is 0 Å². The van der Waals surface area contributed by atoms with Gasteiger partial charge >= 0.3 is 6.98 Å². The number of nitrogens with two attached hydrogens (primary N) is 3. The molecule has 0 amide bonds. The standard InChI is InChI=1S/C4H9BN4/c6-4-2-1-3-5(7)9(4)8/h1-3H,6-8H2. The molecule has 5 heteroatoms. The first-order valence-corrected chi connectivity index (χ1v) is 2.65. The van der Waals surface area contributed by atoms with Gasteiger partial charge in [-0.05, 0) is 6.08 Å². The molecule has 0 atom stereocenters. The zero-order valence-electron chi connectivity index (χ0n) is 4.99. The molecule has 6 N–H and O–H groups in total. The Morgan fingerprint density at radius 2 is 2.22 bits per heavy atom. The van der Waals surface area contributed by atoms with Crippen LogP contribution in [0, 0.1) is 0 Å². The van der Waals surface area contributed by atoms with Crippen molar-refractivity contribution in [3.8, 4) is 0 Å². The summed E-state index contributed by atoms with van der Waals surface area (Å²) in [6.45, 7) is -0.282. The third kappa shape index (κ3) is 1.06. The fourth-order valence-electron chi connectivity index (χ4n) is 0.619. The summed E-state index contributed by atoms with van der Waals surface area (Å²) in [7, 11) is 0. The Morgan fingerprint density at radius 1 is 1.56 bits per heavy atom. The maximum atomic E-state index is 5.46. The van der Waals surface area contributed by atoms with E-state index in [1.54, 1.807) is 18.1 Å². The Morgan fingerprint density at radius 3 is 2.67 bits per heavy atom. The highest BCUT2D eigenvalue weighted by Crippen LogP contribution is 1.98. The van der Waals surface area contributed by atoms with E-state index >= 15 is 0 Å². The van der Waals surface area contributed by atoms with Crippen molar-refractivity contribution in [2.75, 3.05) is 0 Å². The van der Waals surface area contributed by atoms with Gasteiger partial charge in [0.25, 0.3) is 0 Å². The van der Waals surface area contributed by atoms with Crippen molar-refractivity contribution < 1.29 is 0 Å². The van der Waals surface area contributed by atoms with Gasteiger partial charge in [-0.15, -0.1) is 0 Å². The average molecular weight is 124 g/mol. The van der Waals surface area contributed by atoms with E-state index in [4.69, 9.17) is 17.2 Å². The lowest BCUT2D eigenvalue weighted by molar-refractivity contribution is 0.555. The van der Waals surface area contributed by atoms with Crippen molar-refractivity contribution in [2.45, 2.75) is 0 Å². The van der Waals surface area contributed by atoms with Crippen LogP contribution in [-0.2, 0) is 0 Å². The van der Waals surface area contributed by atoms with Gasteiger partial charge in [0.1, 0.15) is 5.82 Å². The van der Waals surface area contributed by atoms with Crippen molar-refractivity contribution in [1.82, 2.24) is 4.92 Å². The Balaban J connectivity index is 2.73. The zero-order valence-corrected chi connectivity index (χ0v) is 4.99. The SMILES string of the molecule is NB1C=CC=C(N)N1N. The highest BCUT2D eigenvalue weighted by Gasteiger charge is 2.15. The van der Waals surface area contributed by atoms with Crippen LogP contribution in [0.4, 0.5) is 0 Å². The lowest BCUT2D eigenvalue weighted by Crippen LogP contribution is -2.52. The van der Waals surface area contributed by atoms with Crippen molar-refractivity contribution in [1.29, 1.82) is 0 Å². The minimum absolute atomic E-state index is 0.282. The van der Waals surface area contributed by atoms with Gasteiger partial charge in [-0.1, -0.05) is 12.1 Å². The average Bonchev–Trinajstić information content (AvgIpc) is 1.83. The van der Waals surface area contributed by atoms with Gasteiger partial charge in [0.2, 0.25) is 0 Å². The maximum Gasteiger partial charge on any atom is 0.382 e. The number of hydrazine groups is 1. The Hall–Kier alpha value is -0.935. The molecule has 0 aromatic carbocycles. The van der Waals surface area contributed by atoms with E-state index in [1.165, 1.54) is 4.92 Å². The predicted octanol–water partition coefficient (Wildman–Crippen LogP) is -1.48. The molecule has 1 rings (SSSR count). The van der Waals surface area contributed by atoms with E-state index in [9.17, 15) is 0 Å². The molecule has 0 spiro atoms. The van der Waals surface area contributed by atoms with E-state index < -0.39 is 0 Å². The lowest BCUT2D eigenvalue weighted by atomic mass is 9.76. The number of rotatable bonds is 0. The van der Waals surface area contributed by atoms with Crippen LogP contribution in [0.1, 0.15) is 0 Å².